The van der Waals surface area contributed by atoms with E-state index in [-0.39, 0.29) is 11.5 Å². The molecule has 2 saturated heterocycles. The first-order valence-electron chi connectivity index (χ1n) is 14.5. The van der Waals surface area contributed by atoms with Gasteiger partial charge < -0.3 is 14.4 Å². The minimum absolute atomic E-state index is 0.0864. The molecule has 5 aliphatic rings. The maximum Gasteiger partial charge on any atom is 0.415 e. The first kappa shape index (κ1) is 24.4. The summed E-state index contributed by atoms with van der Waals surface area (Å²) >= 11 is 0. The molecule has 4 unspecified atom stereocenters. The number of carbonyl (C=O) groups is 2. The number of rotatable bonds is 3. The average Bonchev–Trinajstić information content (AvgIpc) is 3.22. The molecule has 6 rings (SSSR count). The summed E-state index contributed by atoms with van der Waals surface area (Å²) in [6.45, 7) is 9.56. The van der Waals surface area contributed by atoms with E-state index in [0.717, 1.165) is 108 Å². The smallest absolute Gasteiger partial charge is 0.410 e. The molecule has 0 aromatic heterocycles. The normalized spacial score (nSPS) is 33.1. The van der Waals surface area contributed by atoms with Gasteiger partial charge in [-0.1, -0.05) is 19.9 Å². The van der Waals surface area contributed by atoms with Gasteiger partial charge in [-0.3, -0.25) is 9.69 Å². The maximum atomic E-state index is 13.1. The van der Waals surface area contributed by atoms with Gasteiger partial charge in [0.15, 0.2) is 0 Å². The fraction of sp³-hybridized carbons (Fsp3) is 0.733. The number of fused-ring (bicyclic) bond motifs is 5. The van der Waals surface area contributed by atoms with Crippen molar-refractivity contribution in [2.24, 2.45) is 17.3 Å². The molecule has 2 aliphatic heterocycles. The predicted octanol–water partition coefficient (Wildman–Crippen LogP) is 4.97. The summed E-state index contributed by atoms with van der Waals surface area (Å²) in [4.78, 5) is 30.2. The van der Waals surface area contributed by atoms with Crippen LogP contribution in [-0.2, 0) is 22.4 Å². The number of ether oxygens (including phenoxy) is 2. The van der Waals surface area contributed by atoms with Crippen molar-refractivity contribution in [3.63, 3.8) is 0 Å². The summed E-state index contributed by atoms with van der Waals surface area (Å²) in [5, 5.41) is 0. The lowest BCUT2D eigenvalue weighted by molar-refractivity contribution is -0.129. The lowest BCUT2D eigenvalue weighted by atomic mass is 9.55. The monoisotopic (exact) mass is 494 g/mol. The fourth-order valence-corrected chi connectivity index (χ4v) is 8.30. The van der Waals surface area contributed by atoms with Gasteiger partial charge in [0, 0.05) is 44.1 Å². The Bertz CT molecular complexity index is 1010. The highest BCUT2D eigenvalue weighted by molar-refractivity contribution is 5.87. The van der Waals surface area contributed by atoms with E-state index in [0.29, 0.717) is 29.6 Å². The third kappa shape index (κ3) is 4.18. The van der Waals surface area contributed by atoms with Crippen molar-refractivity contribution in [1.82, 2.24) is 9.80 Å². The Balaban J connectivity index is 1.14. The summed E-state index contributed by atoms with van der Waals surface area (Å²) in [6, 6.07) is 5.07. The molecule has 1 aromatic carbocycles. The summed E-state index contributed by atoms with van der Waals surface area (Å²) in [7, 11) is 0. The van der Waals surface area contributed by atoms with Gasteiger partial charge in [-0.2, -0.15) is 0 Å². The number of aryl methyl sites for hydroxylation is 2. The van der Waals surface area contributed by atoms with Crippen molar-refractivity contribution in [2.45, 2.75) is 83.6 Å². The summed E-state index contributed by atoms with van der Waals surface area (Å²) in [5.41, 5.74) is 3.88. The number of benzene rings is 1. The molecule has 1 amide bonds. The molecule has 4 atom stereocenters. The molecule has 0 N–H and O–H groups in total. The van der Waals surface area contributed by atoms with Crippen molar-refractivity contribution in [2.75, 3.05) is 39.4 Å². The van der Waals surface area contributed by atoms with E-state index < -0.39 is 0 Å². The number of hydrogen-bond acceptors (Lipinski definition) is 5. The summed E-state index contributed by atoms with van der Waals surface area (Å²) in [6.07, 6.45) is 8.82. The Hall–Kier alpha value is -1.92. The Kier molecular flexibility index (Phi) is 6.62. The number of piperidine rings is 1. The molecule has 4 fully saturated rings. The Morgan fingerprint density at radius 2 is 1.83 bits per heavy atom. The van der Waals surface area contributed by atoms with Gasteiger partial charge in [0.1, 0.15) is 11.5 Å². The third-order valence-electron chi connectivity index (χ3n) is 10.5. The van der Waals surface area contributed by atoms with Crippen LogP contribution in [0.5, 0.6) is 5.75 Å². The largest absolute Gasteiger partial charge is 0.415 e. The predicted molar refractivity (Wildman–Crippen MR) is 138 cm³/mol. The second-order valence-corrected chi connectivity index (χ2v) is 12.1. The first-order chi connectivity index (χ1) is 17.5. The minimum Gasteiger partial charge on any atom is -0.410 e. The van der Waals surface area contributed by atoms with Gasteiger partial charge >= 0.3 is 6.09 Å². The van der Waals surface area contributed by atoms with Crippen LogP contribution in [0, 0.1) is 17.3 Å². The zero-order chi connectivity index (χ0) is 24.9. The second-order valence-electron chi connectivity index (χ2n) is 12.1. The van der Waals surface area contributed by atoms with Gasteiger partial charge in [0.2, 0.25) is 0 Å². The van der Waals surface area contributed by atoms with E-state index in [1.54, 1.807) is 0 Å². The highest BCUT2D eigenvalue weighted by Gasteiger charge is 2.54. The molecule has 2 heterocycles. The van der Waals surface area contributed by atoms with Gasteiger partial charge in [-0.25, -0.2) is 4.79 Å². The van der Waals surface area contributed by atoms with E-state index in [1.807, 2.05) is 4.90 Å². The van der Waals surface area contributed by atoms with Gasteiger partial charge in [-0.15, -0.1) is 0 Å². The molecule has 0 spiro atoms. The lowest BCUT2D eigenvalue weighted by Crippen LogP contribution is -2.50. The van der Waals surface area contributed by atoms with Crippen LogP contribution in [0.1, 0.15) is 81.4 Å². The average molecular weight is 495 g/mol. The molecule has 6 heteroatoms. The zero-order valence-corrected chi connectivity index (χ0v) is 22.1. The van der Waals surface area contributed by atoms with Crippen LogP contribution in [0.15, 0.2) is 12.1 Å². The number of amides is 1. The molecule has 3 aliphatic carbocycles. The van der Waals surface area contributed by atoms with Crippen LogP contribution in [0.25, 0.3) is 0 Å². The molecular weight excluding hydrogens is 452 g/mol. The van der Waals surface area contributed by atoms with E-state index >= 15 is 0 Å². The SMILES string of the molecule is CCc1cc2c(cc1OC(=O)N1CCC(N3CCOCC3)CC1)CCC1C2CCC2(C)C(=O)CCC12. The number of hydrogen-bond donors (Lipinski definition) is 0. The second kappa shape index (κ2) is 9.75. The van der Waals surface area contributed by atoms with E-state index in [9.17, 15) is 9.59 Å². The van der Waals surface area contributed by atoms with Crippen LogP contribution < -0.4 is 4.74 Å². The molecular formula is C30H42N2O4. The van der Waals surface area contributed by atoms with Crippen LogP contribution in [0.3, 0.4) is 0 Å². The fourth-order valence-electron chi connectivity index (χ4n) is 8.30. The van der Waals surface area contributed by atoms with Gasteiger partial charge in [0.05, 0.1) is 13.2 Å². The molecule has 1 aromatic rings. The summed E-state index contributed by atoms with van der Waals surface area (Å²) < 4.78 is 11.6. The highest BCUT2D eigenvalue weighted by atomic mass is 16.6. The van der Waals surface area contributed by atoms with E-state index in [1.165, 1.54) is 11.1 Å². The van der Waals surface area contributed by atoms with Crippen LogP contribution in [-0.4, -0.2) is 67.1 Å². The molecule has 2 saturated carbocycles. The summed E-state index contributed by atoms with van der Waals surface area (Å²) in [5.74, 6) is 2.97. The quantitative estimate of drug-likeness (QED) is 0.594. The lowest BCUT2D eigenvalue weighted by Gasteiger charge is -2.48. The zero-order valence-electron chi connectivity index (χ0n) is 22.1. The number of morpholine rings is 1. The van der Waals surface area contributed by atoms with Crippen LogP contribution in [0.4, 0.5) is 4.79 Å². The Morgan fingerprint density at radius 1 is 1.06 bits per heavy atom. The van der Waals surface area contributed by atoms with Gasteiger partial charge in [0.25, 0.3) is 0 Å². The van der Waals surface area contributed by atoms with Crippen molar-refractivity contribution in [3.05, 3.63) is 28.8 Å². The van der Waals surface area contributed by atoms with Gasteiger partial charge in [-0.05, 0) is 91.9 Å². The van der Waals surface area contributed by atoms with E-state index in [4.69, 9.17) is 9.47 Å². The number of carbonyl (C=O) groups excluding carboxylic acids is 2. The number of nitrogens with zero attached hydrogens (tertiary/aromatic N) is 2. The number of ketones is 1. The third-order valence-corrected chi connectivity index (χ3v) is 10.5. The molecule has 36 heavy (non-hydrogen) atoms. The van der Waals surface area contributed by atoms with Crippen molar-refractivity contribution in [1.29, 1.82) is 0 Å². The Labute approximate surface area is 215 Å². The Morgan fingerprint density at radius 3 is 2.58 bits per heavy atom. The maximum absolute atomic E-state index is 13.1. The topological polar surface area (TPSA) is 59.1 Å². The van der Waals surface area contributed by atoms with Crippen LogP contribution >= 0.6 is 0 Å². The molecule has 196 valence electrons. The molecule has 0 radical (unpaired) electrons. The van der Waals surface area contributed by atoms with Crippen molar-refractivity contribution < 1.29 is 19.1 Å². The van der Waals surface area contributed by atoms with E-state index in [2.05, 4.69) is 30.9 Å². The number of likely N-dealkylation sites (tertiary alicyclic amines) is 1. The molecule has 6 nitrogen and oxygen atoms in total. The van der Waals surface area contributed by atoms with Crippen LogP contribution in [0.2, 0.25) is 0 Å². The molecule has 0 bridgehead atoms. The number of Topliss-reactive ketones (excluding diaryl/α,β-unsaturated/α-hetero) is 1. The highest BCUT2D eigenvalue weighted by Crippen LogP contribution is 2.59. The minimum atomic E-state index is -0.198. The van der Waals surface area contributed by atoms with Crippen molar-refractivity contribution >= 4 is 11.9 Å². The van der Waals surface area contributed by atoms with Crippen molar-refractivity contribution in [3.8, 4) is 5.75 Å². The first-order valence-corrected chi connectivity index (χ1v) is 14.5. The standard InChI is InChI=1S/C30H42N2O4/c1-3-20-18-25-21(4-5-24-23(25)8-11-30(2)26(24)6-7-28(30)33)19-27(20)36-29(34)32-12-9-22(10-13-32)31-14-16-35-17-15-31/h18-19,22-24,26H,3-17H2,1-2H3.